The minimum absolute atomic E-state index is 0.00354. The van der Waals surface area contributed by atoms with Gasteiger partial charge in [0.15, 0.2) is 0 Å². The van der Waals surface area contributed by atoms with E-state index in [1.54, 1.807) is 0 Å². The van der Waals surface area contributed by atoms with Crippen LogP contribution in [-0.4, -0.2) is 33.8 Å². The number of carbonyl (C=O) groups excluding carboxylic acids is 2. The summed E-state index contributed by atoms with van der Waals surface area (Å²) >= 11 is 0. The van der Waals surface area contributed by atoms with Gasteiger partial charge in [0.25, 0.3) is 0 Å². The van der Waals surface area contributed by atoms with Gasteiger partial charge in [-0.3, -0.25) is 9.59 Å². The summed E-state index contributed by atoms with van der Waals surface area (Å²) in [5.41, 5.74) is -0.959. The fourth-order valence-corrected chi connectivity index (χ4v) is 3.35. The minimum atomic E-state index is -0.756. The number of piperazine rings is 1. The van der Waals surface area contributed by atoms with Gasteiger partial charge in [-0.05, 0) is 39.0 Å². The quantitative estimate of drug-likeness (QED) is 0.814. The van der Waals surface area contributed by atoms with Crippen LogP contribution in [0.3, 0.4) is 0 Å². The zero-order valence-electron chi connectivity index (χ0n) is 13.9. The normalized spacial score (nSPS) is 27.7. The summed E-state index contributed by atoms with van der Waals surface area (Å²) in [6, 6.07) is -0.332. The second-order valence-electron chi connectivity index (χ2n) is 6.06. The van der Waals surface area contributed by atoms with Crippen molar-refractivity contribution in [1.29, 1.82) is 0 Å². The van der Waals surface area contributed by atoms with Crippen LogP contribution in [-0.2, 0) is 9.59 Å². The summed E-state index contributed by atoms with van der Waals surface area (Å²) in [7, 11) is 0. The molecule has 2 unspecified atom stereocenters. The summed E-state index contributed by atoms with van der Waals surface area (Å²) in [5, 5.41) is 2.94. The van der Waals surface area contributed by atoms with Gasteiger partial charge in [-0.15, -0.1) is 0 Å². The number of hydrogen-bond donors (Lipinski definition) is 1. The molecule has 1 aliphatic rings. The van der Waals surface area contributed by atoms with Crippen LogP contribution in [0, 0.1) is 0 Å². The number of rotatable bonds is 6. The summed E-state index contributed by atoms with van der Waals surface area (Å²) in [4.78, 5) is 27.4. The summed E-state index contributed by atoms with van der Waals surface area (Å²) in [6.07, 6.45) is 3.94. The highest BCUT2D eigenvalue weighted by atomic mass is 16.2. The van der Waals surface area contributed by atoms with E-state index in [-0.39, 0.29) is 23.4 Å². The molecule has 116 valence electrons. The molecule has 0 aliphatic carbocycles. The Bertz CT molecular complexity index is 368. The molecule has 0 spiro atoms. The Labute approximate surface area is 123 Å². The highest BCUT2D eigenvalue weighted by molar-refractivity contribution is 6.00. The van der Waals surface area contributed by atoms with Gasteiger partial charge in [0, 0.05) is 5.54 Å². The highest BCUT2D eigenvalue weighted by Gasteiger charge is 2.52. The van der Waals surface area contributed by atoms with Gasteiger partial charge in [0.2, 0.25) is 11.8 Å². The Morgan fingerprint density at radius 1 is 1.10 bits per heavy atom. The molecule has 2 amide bonds. The van der Waals surface area contributed by atoms with E-state index >= 15 is 0 Å². The Morgan fingerprint density at radius 3 is 1.95 bits per heavy atom. The van der Waals surface area contributed by atoms with Gasteiger partial charge in [0.1, 0.15) is 11.6 Å². The van der Waals surface area contributed by atoms with E-state index in [2.05, 4.69) is 26.1 Å². The molecule has 1 saturated heterocycles. The van der Waals surface area contributed by atoms with Crippen molar-refractivity contribution in [3.63, 3.8) is 0 Å². The van der Waals surface area contributed by atoms with Crippen LogP contribution >= 0.6 is 0 Å². The van der Waals surface area contributed by atoms with E-state index in [9.17, 15) is 9.59 Å². The van der Waals surface area contributed by atoms with Gasteiger partial charge < -0.3 is 10.2 Å². The average molecular weight is 282 g/mol. The first-order chi connectivity index (χ1) is 9.35. The molecule has 1 fully saturated rings. The number of nitrogens with zero attached hydrogens (tertiary/aromatic N) is 1. The average Bonchev–Trinajstić information content (AvgIpc) is 2.46. The fourth-order valence-electron chi connectivity index (χ4n) is 3.35. The first-order valence-electron chi connectivity index (χ1n) is 8.01. The van der Waals surface area contributed by atoms with Gasteiger partial charge in [0.05, 0.1) is 0 Å². The molecule has 0 bridgehead atoms. The van der Waals surface area contributed by atoms with Crippen LogP contribution in [0.25, 0.3) is 0 Å². The largest absolute Gasteiger partial charge is 0.340 e. The number of hydrogen-bond acceptors (Lipinski definition) is 2. The van der Waals surface area contributed by atoms with Crippen molar-refractivity contribution >= 4 is 11.8 Å². The second kappa shape index (κ2) is 6.15. The maximum absolute atomic E-state index is 13.0. The third-order valence-electron chi connectivity index (χ3n) is 5.28. The maximum atomic E-state index is 13.0. The first-order valence-corrected chi connectivity index (χ1v) is 8.01. The lowest BCUT2D eigenvalue weighted by Crippen LogP contribution is -2.73. The molecule has 1 heterocycles. The summed E-state index contributed by atoms with van der Waals surface area (Å²) in [5.74, 6) is 0.0770. The molecule has 1 N–H and O–H groups in total. The van der Waals surface area contributed by atoms with Gasteiger partial charge in [-0.25, -0.2) is 0 Å². The van der Waals surface area contributed by atoms with Gasteiger partial charge in [-0.1, -0.05) is 34.6 Å². The van der Waals surface area contributed by atoms with E-state index < -0.39 is 5.54 Å². The molecular weight excluding hydrogens is 252 g/mol. The molecule has 20 heavy (non-hydrogen) atoms. The zero-order chi connectivity index (χ0) is 15.6. The lowest BCUT2D eigenvalue weighted by Gasteiger charge is -2.53. The van der Waals surface area contributed by atoms with Crippen LogP contribution in [0.5, 0.6) is 0 Å². The SMILES string of the molecule is CCC1C(=O)NC(C)(CC)C(=O)N1C(CC)(CC)CC. The number of nitrogens with one attached hydrogen (secondary N) is 1. The Morgan fingerprint density at radius 2 is 1.60 bits per heavy atom. The van der Waals surface area contributed by atoms with Crippen molar-refractivity contribution < 1.29 is 9.59 Å². The predicted molar refractivity (Wildman–Crippen MR) is 81.4 cm³/mol. The molecule has 1 rings (SSSR count). The molecule has 0 aromatic rings. The van der Waals surface area contributed by atoms with Crippen LogP contribution in [0.4, 0.5) is 0 Å². The third-order valence-corrected chi connectivity index (χ3v) is 5.28. The van der Waals surface area contributed by atoms with E-state index in [1.165, 1.54) is 0 Å². The topological polar surface area (TPSA) is 49.4 Å². The highest BCUT2D eigenvalue weighted by Crippen LogP contribution is 2.36. The smallest absolute Gasteiger partial charge is 0.249 e. The molecule has 0 aromatic carbocycles. The van der Waals surface area contributed by atoms with Gasteiger partial charge >= 0.3 is 0 Å². The second-order valence-corrected chi connectivity index (χ2v) is 6.06. The van der Waals surface area contributed by atoms with Crippen LogP contribution in [0.2, 0.25) is 0 Å². The van der Waals surface area contributed by atoms with Gasteiger partial charge in [-0.2, -0.15) is 0 Å². The fraction of sp³-hybridized carbons (Fsp3) is 0.875. The predicted octanol–water partition coefficient (Wildman–Crippen LogP) is 2.86. The Hall–Kier alpha value is -1.06. The van der Waals surface area contributed by atoms with Crippen LogP contribution in [0.15, 0.2) is 0 Å². The monoisotopic (exact) mass is 282 g/mol. The molecule has 0 saturated carbocycles. The molecule has 2 atom stereocenters. The lowest BCUT2D eigenvalue weighted by atomic mass is 9.81. The molecule has 4 heteroatoms. The summed E-state index contributed by atoms with van der Waals surface area (Å²) in [6.45, 7) is 12.1. The molecule has 1 aliphatic heterocycles. The van der Waals surface area contributed by atoms with E-state index in [1.807, 2.05) is 25.7 Å². The maximum Gasteiger partial charge on any atom is 0.249 e. The number of amides is 2. The van der Waals surface area contributed by atoms with Crippen LogP contribution in [0.1, 0.15) is 73.6 Å². The van der Waals surface area contributed by atoms with Crippen molar-refractivity contribution in [3.8, 4) is 0 Å². The van der Waals surface area contributed by atoms with E-state index in [0.717, 1.165) is 19.3 Å². The molecule has 0 aromatic heterocycles. The standard InChI is InChI=1S/C16H30N2O2/c1-7-12-13(19)17-15(6,8-2)14(20)18(12)16(9-3,10-4)11-5/h12H,7-11H2,1-6H3,(H,17,19). The Kier molecular flexibility index (Phi) is 5.22. The third kappa shape index (κ3) is 2.45. The molecule has 4 nitrogen and oxygen atoms in total. The molecule has 0 radical (unpaired) electrons. The van der Waals surface area contributed by atoms with Crippen molar-refractivity contribution in [2.24, 2.45) is 0 Å². The van der Waals surface area contributed by atoms with E-state index in [0.29, 0.717) is 12.8 Å². The number of carbonyl (C=O) groups is 2. The Balaban J connectivity index is 3.34. The first kappa shape index (κ1) is 17.0. The van der Waals surface area contributed by atoms with Crippen molar-refractivity contribution in [2.75, 3.05) is 0 Å². The molecular formula is C16H30N2O2. The van der Waals surface area contributed by atoms with Crippen molar-refractivity contribution in [3.05, 3.63) is 0 Å². The van der Waals surface area contributed by atoms with Crippen LogP contribution < -0.4 is 5.32 Å². The van der Waals surface area contributed by atoms with Crippen molar-refractivity contribution in [1.82, 2.24) is 10.2 Å². The minimum Gasteiger partial charge on any atom is -0.340 e. The summed E-state index contributed by atoms with van der Waals surface area (Å²) < 4.78 is 0. The zero-order valence-corrected chi connectivity index (χ0v) is 13.9. The van der Waals surface area contributed by atoms with Crippen molar-refractivity contribution in [2.45, 2.75) is 90.8 Å². The lowest BCUT2D eigenvalue weighted by molar-refractivity contribution is -0.163. The van der Waals surface area contributed by atoms with E-state index in [4.69, 9.17) is 0 Å².